The average molecular weight is 198 g/mol. The molecule has 0 aromatic carbocycles. The van der Waals surface area contributed by atoms with Crippen LogP contribution in [0.2, 0.25) is 0 Å². The first-order valence-electron chi connectivity index (χ1n) is 3.09. The Morgan fingerprint density at radius 3 is 2.55 bits per heavy atom. The normalized spacial score (nSPS) is 8.18. The highest BCUT2D eigenvalue weighted by Crippen LogP contribution is 2.02. The maximum atomic E-state index is 5.41. The molecule has 1 aromatic rings. The number of nitrogens with zero attached hydrogens (tertiary/aromatic N) is 1. The van der Waals surface area contributed by atoms with Crippen LogP contribution in [-0.2, 0) is 13.0 Å². The van der Waals surface area contributed by atoms with Gasteiger partial charge in [-0.15, -0.1) is 24.8 Å². The highest BCUT2D eigenvalue weighted by atomic mass is 35.5. The third kappa shape index (κ3) is 3.10. The second kappa shape index (κ2) is 6.46. The Morgan fingerprint density at radius 1 is 1.55 bits per heavy atom. The molecule has 66 valence electrons. The van der Waals surface area contributed by atoms with Gasteiger partial charge in [0.1, 0.15) is 0 Å². The molecule has 0 saturated heterocycles. The molecule has 1 heterocycles. The molecular weight excluding hydrogens is 185 g/mol. The molecule has 0 amide bonds. The zero-order valence-electron chi connectivity index (χ0n) is 6.33. The van der Waals surface area contributed by atoms with Crippen molar-refractivity contribution in [2.24, 2.45) is 5.73 Å². The summed E-state index contributed by atoms with van der Waals surface area (Å²) < 4.78 is 0. The first-order chi connectivity index (χ1) is 4.38. The smallest absolute Gasteiger partial charge is 0.0535 e. The molecule has 0 aliphatic heterocycles. The van der Waals surface area contributed by atoms with Crippen molar-refractivity contribution >= 4 is 24.8 Å². The second-order valence-electron chi connectivity index (χ2n) is 1.93. The molecule has 1 rings (SSSR count). The van der Waals surface area contributed by atoms with Crippen LogP contribution in [0.3, 0.4) is 0 Å². The van der Waals surface area contributed by atoms with Crippen LogP contribution < -0.4 is 5.73 Å². The zero-order chi connectivity index (χ0) is 6.69. The van der Waals surface area contributed by atoms with Gasteiger partial charge in [0.15, 0.2) is 0 Å². The van der Waals surface area contributed by atoms with Gasteiger partial charge in [-0.1, -0.05) is 6.92 Å². The molecule has 11 heavy (non-hydrogen) atoms. The van der Waals surface area contributed by atoms with E-state index in [4.69, 9.17) is 5.73 Å². The summed E-state index contributed by atoms with van der Waals surface area (Å²) in [5.74, 6) is 0. The Balaban J connectivity index is 0. The fourth-order valence-corrected chi connectivity index (χ4v) is 0.820. The number of nitrogens with one attached hydrogen (secondary N) is 1. The highest BCUT2D eigenvalue weighted by Gasteiger charge is 1.97. The summed E-state index contributed by atoms with van der Waals surface area (Å²) in [7, 11) is 0. The summed E-state index contributed by atoms with van der Waals surface area (Å²) in [5, 5.41) is 6.74. The predicted molar refractivity (Wildman–Crippen MR) is 50.4 cm³/mol. The fourth-order valence-electron chi connectivity index (χ4n) is 0.820. The molecule has 0 fully saturated rings. The first kappa shape index (κ1) is 13.3. The number of hydrogen-bond donors (Lipinski definition) is 2. The van der Waals surface area contributed by atoms with Crippen molar-refractivity contribution in [2.75, 3.05) is 0 Å². The molecule has 5 heteroatoms. The minimum atomic E-state index is 0. The largest absolute Gasteiger partial charge is 0.326 e. The van der Waals surface area contributed by atoms with E-state index in [1.165, 1.54) is 0 Å². The van der Waals surface area contributed by atoms with Crippen molar-refractivity contribution in [3.05, 3.63) is 17.5 Å². The van der Waals surface area contributed by atoms with E-state index in [0.717, 1.165) is 17.7 Å². The number of nitrogens with two attached hydrogens (primary N) is 1. The van der Waals surface area contributed by atoms with E-state index in [1.807, 2.05) is 0 Å². The van der Waals surface area contributed by atoms with E-state index in [0.29, 0.717) is 6.54 Å². The number of aromatic nitrogens is 2. The number of aryl methyl sites for hydroxylation is 1. The van der Waals surface area contributed by atoms with Crippen LogP contribution in [0.5, 0.6) is 0 Å². The number of hydrogen-bond acceptors (Lipinski definition) is 2. The summed E-state index contributed by atoms with van der Waals surface area (Å²) in [5.41, 5.74) is 7.68. The summed E-state index contributed by atoms with van der Waals surface area (Å²) >= 11 is 0. The van der Waals surface area contributed by atoms with Crippen molar-refractivity contribution in [3.63, 3.8) is 0 Å². The lowest BCUT2D eigenvalue weighted by atomic mass is 10.2. The maximum absolute atomic E-state index is 5.41. The van der Waals surface area contributed by atoms with Crippen LogP contribution in [0, 0.1) is 0 Å². The van der Waals surface area contributed by atoms with Gasteiger partial charge in [-0.3, -0.25) is 5.10 Å². The lowest BCUT2D eigenvalue weighted by Crippen LogP contribution is -1.97. The van der Waals surface area contributed by atoms with Gasteiger partial charge in [0.2, 0.25) is 0 Å². The summed E-state index contributed by atoms with van der Waals surface area (Å²) in [6.45, 7) is 2.66. The Labute approximate surface area is 78.6 Å². The van der Waals surface area contributed by atoms with E-state index in [1.54, 1.807) is 6.20 Å². The van der Waals surface area contributed by atoms with Gasteiger partial charge >= 0.3 is 0 Å². The van der Waals surface area contributed by atoms with Gasteiger partial charge in [0.25, 0.3) is 0 Å². The zero-order valence-corrected chi connectivity index (χ0v) is 7.97. The molecule has 1 aromatic heterocycles. The Morgan fingerprint density at radius 2 is 2.18 bits per heavy atom. The molecule has 3 N–H and O–H groups in total. The van der Waals surface area contributed by atoms with Gasteiger partial charge in [-0.05, 0) is 6.42 Å². The molecule has 0 saturated carbocycles. The van der Waals surface area contributed by atoms with Gasteiger partial charge < -0.3 is 5.73 Å². The van der Waals surface area contributed by atoms with Crippen LogP contribution in [0.1, 0.15) is 18.2 Å². The third-order valence-corrected chi connectivity index (χ3v) is 1.38. The van der Waals surface area contributed by atoms with Gasteiger partial charge in [-0.2, -0.15) is 5.10 Å². The van der Waals surface area contributed by atoms with Crippen LogP contribution in [0.15, 0.2) is 6.20 Å². The standard InChI is InChI=1S/C6H11N3.2ClH/c1-2-6-5(3-7)4-8-9-6;;/h4H,2-3,7H2,1H3,(H,8,9);2*1H. The lowest BCUT2D eigenvalue weighted by Gasteiger charge is -1.92. The number of rotatable bonds is 2. The monoisotopic (exact) mass is 197 g/mol. The van der Waals surface area contributed by atoms with E-state index in [9.17, 15) is 0 Å². The SMILES string of the molecule is CCc1[nH]ncc1CN.Cl.Cl. The third-order valence-electron chi connectivity index (χ3n) is 1.38. The average Bonchev–Trinajstić information content (AvgIpc) is 2.33. The molecular formula is C6H13Cl2N3. The molecule has 0 aliphatic carbocycles. The quantitative estimate of drug-likeness (QED) is 0.751. The molecule has 0 aliphatic rings. The molecule has 3 nitrogen and oxygen atoms in total. The minimum absolute atomic E-state index is 0. The van der Waals surface area contributed by atoms with E-state index >= 15 is 0 Å². The van der Waals surface area contributed by atoms with E-state index in [-0.39, 0.29) is 24.8 Å². The van der Waals surface area contributed by atoms with Crippen LogP contribution in [0.25, 0.3) is 0 Å². The first-order valence-corrected chi connectivity index (χ1v) is 3.09. The number of H-pyrrole nitrogens is 1. The summed E-state index contributed by atoms with van der Waals surface area (Å²) in [6.07, 6.45) is 2.76. The number of halogens is 2. The van der Waals surface area contributed by atoms with Crippen LogP contribution in [0.4, 0.5) is 0 Å². The number of aromatic amines is 1. The van der Waals surface area contributed by atoms with Gasteiger partial charge in [0, 0.05) is 17.8 Å². The Kier molecular flexibility index (Phi) is 7.84. The van der Waals surface area contributed by atoms with Crippen molar-refractivity contribution in [1.82, 2.24) is 10.2 Å². The molecule has 0 unspecified atom stereocenters. The molecule has 0 radical (unpaired) electrons. The lowest BCUT2D eigenvalue weighted by molar-refractivity contribution is 0.948. The minimum Gasteiger partial charge on any atom is -0.326 e. The Hall–Kier alpha value is -0.250. The van der Waals surface area contributed by atoms with E-state index < -0.39 is 0 Å². The van der Waals surface area contributed by atoms with Crippen molar-refractivity contribution in [3.8, 4) is 0 Å². The topological polar surface area (TPSA) is 54.7 Å². The maximum Gasteiger partial charge on any atom is 0.0535 e. The van der Waals surface area contributed by atoms with Gasteiger partial charge in [-0.25, -0.2) is 0 Å². The van der Waals surface area contributed by atoms with Crippen LogP contribution in [-0.4, -0.2) is 10.2 Å². The van der Waals surface area contributed by atoms with Crippen molar-refractivity contribution < 1.29 is 0 Å². The predicted octanol–water partition coefficient (Wildman–Crippen LogP) is 1.27. The Bertz CT molecular complexity index is 169. The van der Waals surface area contributed by atoms with E-state index in [2.05, 4.69) is 17.1 Å². The van der Waals surface area contributed by atoms with Crippen molar-refractivity contribution in [1.29, 1.82) is 0 Å². The van der Waals surface area contributed by atoms with Gasteiger partial charge in [0.05, 0.1) is 6.20 Å². The summed E-state index contributed by atoms with van der Waals surface area (Å²) in [6, 6.07) is 0. The summed E-state index contributed by atoms with van der Waals surface area (Å²) in [4.78, 5) is 0. The molecule has 0 bridgehead atoms. The van der Waals surface area contributed by atoms with Crippen LogP contribution >= 0.6 is 24.8 Å². The second-order valence-corrected chi connectivity index (χ2v) is 1.93. The fraction of sp³-hybridized carbons (Fsp3) is 0.500. The van der Waals surface area contributed by atoms with Crippen molar-refractivity contribution in [2.45, 2.75) is 19.9 Å². The molecule has 0 atom stereocenters. The molecule has 0 spiro atoms. The highest BCUT2D eigenvalue weighted by molar-refractivity contribution is 5.85.